The first-order chi connectivity index (χ1) is 12.7. The number of unbranched alkanes of at least 4 members (excludes halogenated alkanes) is 8. The van der Waals surface area contributed by atoms with Crippen LogP contribution in [0.25, 0.3) is 0 Å². The fourth-order valence-electron chi connectivity index (χ4n) is 3.90. The molecule has 26 heavy (non-hydrogen) atoms. The highest BCUT2D eigenvalue weighted by Gasteiger charge is 2.34. The van der Waals surface area contributed by atoms with Crippen molar-refractivity contribution in [2.45, 2.75) is 103 Å². The zero-order chi connectivity index (χ0) is 18.6. The largest absolute Gasteiger partial charge is 0.457 e. The second-order valence-corrected chi connectivity index (χ2v) is 7.97. The molecule has 0 aromatic heterocycles. The molecule has 2 rings (SSSR count). The van der Waals surface area contributed by atoms with E-state index in [9.17, 15) is 4.79 Å². The van der Waals surface area contributed by atoms with E-state index in [2.05, 4.69) is 38.1 Å². The maximum Gasteiger partial charge on any atom is 0.309 e. The van der Waals surface area contributed by atoms with Gasteiger partial charge in [-0.05, 0) is 30.4 Å². The second-order valence-electron chi connectivity index (χ2n) is 7.97. The van der Waals surface area contributed by atoms with Crippen LogP contribution in [0.1, 0.15) is 108 Å². The minimum absolute atomic E-state index is 0.0163. The van der Waals surface area contributed by atoms with Crippen LogP contribution in [0.15, 0.2) is 24.3 Å². The quantitative estimate of drug-likeness (QED) is 0.276. The summed E-state index contributed by atoms with van der Waals surface area (Å²) < 4.78 is 5.65. The van der Waals surface area contributed by atoms with Crippen LogP contribution < -0.4 is 0 Å². The zero-order valence-corrected chi connectivity index (χ0v) is 17.0. The summed E-state index contributed by atoms with van der Waals surface area (Å²) in [6.07, 6.45) is 15.9. The Bertz CT molecular complexity index is 505. The second kappa shape index (κ2) is 12.1. The predicted molar refractivity (Wildman–Crippen MR) is 109 cm³/mol. The van der Waals surface area contributed by atoms with Gasteiger partial charge in [-0.15, -0.1) is 0 Å². The van der Waals surface area contributed by atoms with E-state index in [1.165, 1.54) is 68.9 Å². The summed E-state index contributed by atoms with van der Waals surface area (Å²) in [6, 6.07) is 8.79. The van der Waals surface area contributed by atoms with E-state index >= 15 is 0 Å². The Morgan fingerprint density at radius 2 is 1.46 bits per heavy atom. The Hall–Kier alpha value is -1.31. The number of hydrogen-bond donors (Lipinski definition) is 0. The van der Waals surface area contributed by atoms with Crippen molar-refractivity contribution >= 4 is 5.97 Å². The number of carbonyl (C=O) groups excluding carboxylic acids is 1. The molecule has 0 N–H and O–H groups in total. The van der Waals surface area contributed by atoms with Gasteiger partial charge in [-0.25, -0.2) is 0 Å². The molecule has 1 aliphatic rings. The fourth-order valence-corrected chi connectivity index (χ4v) is 3.90. The molecule has 2 atom stereocenters. The molecule has 146 valence electrons. The van der Waals surface area contributed by atoms with Gasteiger partial charge in [0.2, 0.25) is 0 Å². The number of esters is 1. The first kappa shape index (κ1) is 21.0. The molecule has 1 saturated heterocycles. The van der Waals surface area contributed by atoms with Gasteiger partial charge >= 0.3 is 5.97 Å². The Morgan fingerprint density at radius 1 is 0.846 bits per heavy atom. The van der Waals surface area contributed by atoms with Crippen LogP contribution in [0.4, 0.5) is 0 Å². The third-order valence-corrected chi connectivity index (χ3v) is 5.67. The number of hydrogen-bond acceptors (Lipinski definition) is 2. The zero-order valence-electron chi connectivity index (χ0n) is 17.0. The summed E-state index contributed by atoms with van der Waals surface area (Å²) in [4.78, 5) is 12.1. The van der Waals surface area contributed by atoms with E-state index in [0.29, 0.717) is 0 Å². The highest BCUT2D eigenvalue weighted by atomic mass is 16.5. The lowest BCUT2D eigenvalue weighted by molar-refractivity contribution is -0.144. The van der Waals surface area contributed by atoms with Crippen molar-refractivity contribution in [3.63, 3.8) is 0 Å². The van der Waals surface area contributed by atoms with Crippen molar-refractivity contribution < 1.29 is 9.53 Å². The average Bonchev–Trinajstić information content (AvgIpc) is 3.03. The van der Waals surface area contributed by atoms with Crippen LogP contribution in [0.3, 0.4) is 0 Å². The van der Waals surface area contributed by atoms with E-state index in [1.54, 1.807) is 0 Å². The van der Waals surface area contributed by atoms with Crippen LogP contribution >= 0.6 is 0 Å². The first-order valence-electron chi connectivity index (χ1n) is 11.0. The van der Waals surface area contributed by atoms with Crippen LogP contribution in [-0.4, -0.2) is 5.97 Å². The van der Waals surface area contributed by atoms with E-state index in [1.807, 2.05) is 0 Å². The molecule has 2 nitrogen and oxygen atoms in total. The molecule has 0 saturated carbocycles. The van der Waals surface area contributed by atoms with Gasteiger partial charge in [0.25, 0.3) is 0 Å². The molecule has 0 amide bonds. The summed E-state index contributed by atoms with van der Waals surface area (Å²) in [5.74, 6) is 0.127. The van der Waals surface area contributed by atoms with Crippen molar-refractivity contribution in [3.8, 4) is 0 Å². The molecule has 0 bridgehead atoms. The highest BCUT2D eigenvalue weighted by Crippen LogP contribution is 2.36. The van der Waals surface area contributed by atoms with Gasteiger partial charge < -0.3 is 4.74 Å². The Labute approximate surface area is 160 Å². The van der Waals surface area contributed by atoms with E-state index in [-0.39, 0.29) is 18.0 Å². The molecule has 0 radical (unpaired) electrons. The topological polar surface area (TPSA) is 26.3 Å². The third kappa shape index (κ3) is 7.13. The summed E-state index contributed by atoms with van der Waals surface area (Å²) in [5, 5.41) is 0. The summed E-state index contributed by atoms with van der Waals surface area (Å²) >= 11 is 0. The molecular formula is C24H38O2. The van der Waals surface area contributed by atoms with Crippen molar-refractivity contribution in [2.24, 2.45) is 5.92 Å². The maximum atomic E-state index is 12.1. The van der Waals surface area contributed by atoms with Crippen LogP contribution in [0, 0.1) is 5.92 Å². The minimum Gasteiger partial charge on any atom is -0.457 e. The average molecular weight is 359 g/mol. The third-order valence-electron chi connectivity index (χ3n) is 5.67. The van der Waals surface area contributed by atoms with Crippen molar-refractivity contribution in [1.82, 2.24) is 0 Å². The van der Waals surface area contributed by atoms with Crippen LogP contribution in [-0.2, 0) is 16.0 Å². The Morgan fingerprint density at radius 3 is 2.15 bits per heavy atom. The van der Waals surface area contributed by atoms with E-state index < -0.39 is 0 Å². The molecule has 1 aromatic carbocycles. The number of aryl methyl sites for hydroxylation is 1. The molecule has 2 heteroatoms. The monoisotopic (exact) mass is 358 g/mol. The first-order valence-corrected chi connectivity index (χ1v) is 11.0. The van der Waals surface area contributed by atoms with E-state index in [4.69, 9.17) is 4.74 Å². The molecule has 1 heterocycles. The number of ether oxygens (including phenoxy) is 1. The molecule has 2 unspecified atom stereocenters. The lowest BCUT2D eigenvalue weighted by atomic mass is 9.94. The minimum atomic E-state index is -0.0261. The van der Waals surface area contributed by atoms with Gasteiger partial charge in [0.1, 0.15) is 6.10 Å². The van der Waals surface area contributed by atoms with Crippen molar-refractivity contribution in [2.75, 3.05) is 0 Å². The van der Waals surface area contributed by atoms with Gasteiger partial charge in [0.15, 0.2) is 0 Å². The number of rotatable bonds is 13. The van der Waals surface area contributed by atoms with Crippen molar-refractivity contribution in [3.05, 3.63) is 35.4 Å². The highest BCUT2D eigenvalue weighted by molar-refractivity contribution is 5.74. The molecular weight excluding hydrogens is 320 g/mol. The lowest BCUT2D eigenvalue weighted by Crippen LogP contribution is -2.06. The number of cyclic esters (lactones) is 1. The summed E-state index contributed by atoms with van der Waals surface area (Å²) in [7, 11) is 0. The van der Waals surface area contributed by atoms with Crippen LogP contribution in [0.5, 0.6) is 0 Å². The van der Waals surface area contributed by atoms with Gasteiger partial charge in [0.05, 0.1) is 5.92 Å². The Balaban J connectivity index is 1.71. The SMILES string of the molecule is CCCCCCCCc1ccc(C2CC(CCCCCC)C(=O)O2)cc1. The maximum absolute atomic E-state index is 12.1. The van der Waals surface area contributed by atoms with Crippen LogP contribution in [0.2, 0.25) is 0 Å². The molecule has 1 fully saturated rings. The fraction of sp³-hybridized carbons (Fsp3) is 0.708. The van der Waals surface area contributed by atoms with E-state index in [0.717, 1.165) is 25.7 Å². The Kier molecular flexibility index (Phi) is 9.81. The standard InChI is InChI=1S/C24H38O2/c1-3-5-7-9-10-11-13-20-15-17-21(18-16-20)23-19-22(24(25)26-23)14-12-8-6-4-2/h15-18,22-23H,3-14,19H2,1-2H3. The summed E-state index contributed by atoms with van der Waals surface area (Å²) in [6.45, 7) is 4.48. The predicted octanol–water partition coefficient (Wildman–Crippen LogP) is 7.16. The van der Waals surface area contributed by atoms with Gasteiger partial charge in [-0.3, -0.25) is 4.79 Å². The molecule has 0 spiro atoms. The number of carbonyl (C=O) groups is 1. The van der Waals surface area contributed by atoms with Gasteiger partial charge in [-0.2, -0.15) is 0 Å². The normalized spacial score (nSPS) is 19.7. The smallest absolute Gasteiger partial charge is 0.309 e. The molecule has 1 aliphatic heterocycles. The number of benzene rings is 1. The van der Waals surface area contributed by atoms with Crippen molar-refractivity contribution in [1.29, 1.82) is 0 Å². The van der Waals surface area contributed by atoms with Gasteiger partial charge in [0, 0.05) is 6.42 Å². The molecule has 0 aliphatic carbocycles. The van der Waals surface area contributed by atoms with Gasteiger partial charge in [-0.1, -0.05) is 95.9 Å². The molecule has 1 aromatic rings. The lowest BCUT2D eigenvalue weighted by Gasteiger charge is -2.10. The summed E-state index contributed by atoms with van der Waals surface area (Å²) in [5.41, 5.74) is 2.57.